The van der Waals surface area contributed by atoms with Crippen molar-refractivity contribution in [1.29, 1.82) is 0 Å². The monoisotopic (exact) mass is 449 g/mol. The fourth-order valence-electron chi connectivity index (χ4n) is 3.81. The van der Waals surface area contributed by atoms with Crippen LogP contribution in [0.3, 0.4) is 0 Å². The third-order valence-electron chi connectivity index (χ3n) is 5.96. The highest BCUT2D eigenvalue weighted by Gasteiger charge is 2.32. The summed E-state index contributed by atoms with van der Waals surface area (Å²) in [5.41, 5.74) is 2.54. The Morgan fingerprint density at radius 3 is 2.09 bits per heavy atom. The summed E-state index contributed by atoms with van der Waals surface area (Å²) in [4.78, 5) is 10.7. The lowest BCUT2D eigenvalue weighted by Crippen LogP contribution is -2.48. The number of carboxylic acid groups (broad SMARTS) is 1. The number of amides is 1. The summed E-state index contributed by atoms with van der Waals surface area (Å²) in [7, 11) is 0. The Bertz CT molecular complexity index is 1080. The number of hydrogen-bond acceptors (Lipinski definition) is 6. The molecule has 0 bridgehead atoms. The molecule has 1 aliphatic carbocycles. The molecule has 1 saturated carbocycles. The highest BCUT2D eigenvalue weighted by molar-refractivity contribution is 5.65. The van der Waals surface area contributed by atoms with Gasteiger partial charge in [0.25, 0.3) is 0 Å². The van der Waals surface area contributed by atoms with E-state index in [1.807, 2.05) is 36.4 Å². The molecule has 0 radical (unpaired) electrons. The molecule has 1 aromatic heterocycles. The Balaban J connectivity index is 1.36. The summed E-state index contributed by atoms with van der Waals surface area (Å²) >= 11 is 0. The number of aliphatic hydroxyl groups is 1. The minimum absolute atomic E-state index is 0.0235. The van der Waals surface area contributed by atoms with Gasteiger partial charge in [0.1, 0.15) is 17.6 Å². The average Bonchev–Trinajstić information content (AvgIpc) is 2.78. The zero-order valence-corrected chi connectivity index (χ0v) is 18.6. The van der Waals surface area contributed by atoms with Crippen molar-refractivity contribution in [2.45, 2.75) is 50.9 Å². The first-order chi connectivity index (χ1) is 15.8. The molecule has 172 valence electrons. The van der Waals surface area contributed by atoms with Crippen LogP contribution in [-0.2, 0) is 12.0 Å². The van der Waals surface area contributed by atoms with Crippen LogP contribution in [0.25, 0.3) is 0 Å². The van der Waals surface area contributed by atoms with Crippen LogP contribution in [0.5, 0.6) is 17.4 Å². The first-order valence-corrected chi connectivity index (χ1v) is 10.8. The molecule has 0 atom stereocenters. The quantitative estimate of drug-likeness (QED) is 0.471. The van der Waals surface area contributed by atoms with Gasteiger partial charge in [0.15, 0.2) is 0 Å². The predicted molar refractivity (Wildman–Crippen MR) is 122 cm³/mol. The summed E-state index contributed by atoms with van der Waals surface area (Å²) in [6.45, 7) is 4.16. The van der Waals surface area contributed by atoms with Crippen molar-refractivity contribution < 1.29 is 24.5 Å². The lowest BCUT2D eigenvalue weighted by Gasteiger charge is -2.35. The molecule has 3 N–H and O–H groups in total. The van der Waals surface area contributed by atoms with E-state index < -0.39 is 6.09 Å². The minimum atomic E-state index is -0.991. The number of aliphatic hydroxyl groups excluding tert-OH is 1. The number of benzene rings is 2. The molecule has 8 nitrogen and oxygen atoms in total. The van der Waals surface area contributed by atoms with E-state index in [4.69, 9.17) is 19.7 Å². The number of carbonyl (C=O) groups is 1. The Morgan fingerprint density at radius 2 is 1.58 bits per heavy atom. The molecule has 8 heteroatoms. The minimum Gasteiger partial charge on any atom is -0.490 e. The van der Waals surface area contributed by atoms with E-state index in [-0.39, 0.29) is 24.2 Å². The van der Waals surface area contributed by atoms with Crippen molar-refractivity contribution in [1.82, 2.24) is 15.5 Å². The van der Waals surface area contributed by atoms with E-state index in [0.717, 1.165) is 16.9 Å². The Morgan fingerprint density at radius 1 is 0.970 bits per heavy atom. The average molecular weight is 450 g/mol. The smallest absolute Gasteiger partial charge is 0.404 e. The van der Waals surface area contributed by atoms with E-state index in [9.17, 15) is 4.79 Å². The molecule has 0 aliphatic heterocycles. The van der Waals surface area contributed by atoms with Gasteiger partial charge in [0.2, 0.25) is 5.88 Å². The van der Waals surface area contributed by atoms with E-state index in [0.29, 0.717) is 30.2 Å². The highest BCUT2D eigenvalue weighted by atomic mass is 16.5. The van der Waals surface area contributed by atoms with Gasteiger partial charge in [-0.15, -0.1) is 10.2 Å². The summed E-state index contributed by atoms with van der Waals surface area (Å²) in [5, 5.41) is 28.1. The van der Waals surface area contributed by atoms with Crippen molar-refractivity contribution in [3.63, 3.8) is 0 Å². The van der Waals surface area contributed by atoms with E-state index in [1.54, 1.807) is 12.1 Å². The topological polar surface area (TPSA) is 114 Å². The van der Waals surface area contributed by atoms with Gasteiger partial charge in [-0.3, -0.25) is 0 Å². The molecule has 3 aromatic rings. The van der Waals surface area contributed by atoms with Gasteiger partial charge in [-0.05, 0) is 41.5 Å². The Hall–Kier alpha value is -3.65. The van der Waals surface area contributed by atoms with Gasteiger partial charge < -0.3 is 25.0 Å². The van der Waals surface area contributed by atoms with Crippen molar-refractivity contribution in [2.75, 3.05) is 0 Å². The summed E-state index contributed by atoms with van der Waals surface area (Å²) in [6.07, 6.45) is 0.420. The number of nitrogens with zero attached hydrogens (tertiary/aromatic N) is 2. The van der Waals surface area contributed by atoms with Crippen LogP contribution in [0.15, 0.2) is 60.7 Å². The van der Waals surface area contributed by atoms with E-state index in [1.165, 1.54) is 0 Å². The molecule has 1 heterocycles. The second-order valence-electron chi connectivity index (χ2n) is 8.65. The molecule has 0 spiro atoms. The predicted octanol–water partition coefficient (Wildman–Crippen LogP) is 4.26. The lowest BCUT2D eigenvalue weighted by atomic mass is 9.78. The normalized spacial score (nSPS) is 17.7. The van der Waals surface area contributed by atoms with Crippen molar-refractivity contribution in [2.24, 2.45) is 0 Å². The Kier molecular flexibility index (Phi) is 6.46. The molecular weight excluding hydrogens is 422 g/mol. The summed E-state index contributed by atoms with van der Waals surface area (Å²) in [6, 6.07) is 19.2. The lowest BCUT2D eigenvalue weighted by molar-refractivity contribution is 0.0833. The second-order valence-corrected chi connectivity index (χ2v) is 8.65. The van der Waals surface area contributed by atoms with Crippen LogP contribution in [-0.4, -0.2) is 38.6 Å². The molecular formula is C25H27N3O5. The molecule has 33 heavy (non-hydrogen) atoms. The maximum atomic E-state index is 10.7. The van der Waals surface area contributed by atoms with Crippen molar-refractivity contribution in [3.8, 4) is 17.4 Å². The third-order valence-corrected chi connectivity index (χ3v) is 5.96. The molecule has 1 aliphatic rings. The van der Waals surface area contributed by atoms with Gasteiger partial charge in [-0.25, -0.2) is 4.79 Å². The van der Waals surface area contributed by atoms with Gasteiger partial charge in [0, 0.05) is 30.4 Å². The fourth-order valence-corrected chi connectivity index (χ4v) is 3.81. The standard InChI is InChI=1S/C25H27N3O5/c1-25(2,16-3-8-20(9-4-16)32-22-13-19(14-22)26-24(30)31)17-5-10-21(11-6-17)33-23-12-7-18(15-29)27-28-23/h3-12,19,22,26,29H,13-15H2,1-2H3,(H,30,31). The molecule has 1 amide bonds. The van der Waals surface area contributed by atoms with Crippen LogP contribution in [0.2, 0.25) is 0 Å². The number of ether oxygens (including phenoxy) is 2. The first kappa shape index (κ1) is 22.5. The second kappa shape index (κ2) is 9.46. The van der Waals surface area contributed by atoms with E-state index in [2.05, 4.69) is 41.5 Å². The number of nitrogens with one attached hydrogen (secondary N) is 1. The van der Waals surface area contributed by atoms with Crippen LogP contribution >= 0.6 is 0 Å². The van der Waals surface area contributed by atoms with Crippen LogP contribution in [0.1, 0.15) is 43.5 Å². The van der Waals surface area contributed by atoms with Crippen molar-refractivity contribution in [3.05, 3.63) is 77.5 Å². The number of rotatable bonds is 8. The zero-order chi connectivity index (χ0) is 23.4. The van der Waals surface area contributed by atoms with Gasteiger partial charge >= 0.3 is 6.09 Å². The molecule has 4 rings (SSSR count). The summed E-state index contributed by atoms with van der Waals surface area (Å²) in [5.74, 6) is 1.80. The van der Waals surface area contributed by atoms with E-state index >= 15 is 0 Å². The molecule has 0 saturated heterocycles. The SMILES string of the molecule is CC(C)(c1ccc(Oc2ccc(CO)nn2)cc1)c1ccc(OC2CC(NC(=O)O)C2)cc1. The first-order valence-electron chi connectivity index (χ1n) is 10.8. The maximum Gasteiger partial charge on any atom is 0.404 e. The largest absolute Gasteiger partial charge is 0.490 e. The van der Waals surface area contributed by atoms with Crippen molar-refractivity contribution >= 4 is 6.09 Å². The highest BCUT2D eigenvalue weighted by Crippen LogP contribution is 2.34. The van der Waals surface area contributed by atoms with Crippen LogP contribution in [0, 0.1) is 0 Å². The van der Waals surface area contributed by atoms with Crippen LogP contribution < -0.4 is 14.8 Å². The maximum absolute atomic E-state index is 10.7. The van der Waals surface area contributed by atoms with Gasteiger partial charge in [-0.2, -0.15) is 0 Å². The zero-order valence-electron chi connectivity index (χ0n) is 18.6. The Labute approximate surface area is 192 Å². The number of aromatic nitrogens is 2. The third kappa shape index (κ3) is 5.40. The van der Waals surface area contributed by atoms with Gasteiger partial charge in [0.05, 0.1) is 12.3 Å². The molecule has 2 aromatic carbocycles. The van der Waals surface area contributed by atoms with Gasteiger partial charge in [-0.1, -0.05) is 38.1 Å². The molecule has 1 fully saturated rings. The summed E-state index contributed by atoms with van der Waals surface area (Å²) < 4.78 is 11.7. The number of hydrogen-bond donors (Lipinski definition) is 3. The molecule has 0 unspecified atom stereocenters. The fraction of sp³-hybridized carbons (Fsp3) is 0.320. The van der Waals surface area contributed by atoms with Crippen LogP contribution in [0.4, 0.5) is 4.79 Å².